The summed E-state index contributed by atoms with van der Waals surface area (Å²) in [7, 11) is 0. The minimum atomic E-state index is 0.970. The molecule has 0 aliphatic rings. The second-order valence-corrected chi connectivity index (χ2v) is 2.09. The van der Waals surface area contributed by atoms with E-state index in [0.717, 1.165) is 5.57 Å². The van der Waals surface area contributed by atoms with Gasteiger partial charge in [0.05, 0.1) is 0 Å². The summed E-state index contributed by atoms with van der Waals surface area (Å²) in [5.41, 5.74) is 0.970. The highest BCUT2D eigenvalue weighted by atomic mass is 127. The molecule has 0 spiro atoms. The third kappa shape index (κ3) is 4.05. The van der Waals surface area contributed by atoms with E-state index in [-0.39, 0.29) is 0 Å². The van der Waals surface area contributed by atoms with Gasteiger partial charge in [-0.15, -0.1) is 0 Å². The summed E-state index contributed by atoms with van der Waals surface area (Å²) in [6, 6.07) is 0. The van der Waals surface area contributed by atoms with Gasteiger partial charge in [-0.2, -0.15) is 0 Å². The van der Waals surface area contributed by atoms with Gasteiger partial charge in [0, 0.05) is 6.21 Å². The number of hydrogen-bond donors (Lipinski definition) is 1. The summed E-state index contributed by atoms with van der Waals surface area (Å²) < 4.78 is 1.91. The van der Waals surface area contributed by atoms with Crippen LogP contribution < -0.4 is 0 Å². The molecule has 1 nitrogen and oxygen atoms in total. The van der Waals surface area contributed by atoms with Gasteiger partial charge >= 0.3 is 0 Å². The van der Waals surface area contributed by atoms with Crippen LogP contribution in [0.15, 0.2) is 21.8 Å². The molecule has 0 saturated carbocycles. The number of hydrogen-bond acceptors (Lipinski definition) is 1. The van der Waals surface area contributed by atoms with E-state index >= 15 is 0 Å². The number of halogens is 1. The second-order valence-electron chi connectivity index (χ2n) is 1.37. The van der Waals surface area contributed by atoms with Crippen molar-refractivity contribution in [2.75, 3.05) is 0 Å². The summed E-state index contributed by atoms with van der Waals surface area (Å²) in [5.74, 6) is 0. The molecule has 1 N–H and O–H groups in total. The highest BCUT2D eigenvalue weighted by Gasteiger charge is 1.72. The molecule has 44 valence electrons. The van der Waals surface area contributed by atoms with E-state index in [2.05, 4.69) is 22.6 Å². The summed E-state index contributed by atoms with van der Waals surface area (Å²) in [4.78, 5) is 0. The molecule has 0 rings (SSSR count). The highest BCUT2D eigenvalue weighted by molar-refractivity contribution is 14.1. The first-order valence-corrected chi connectivity index (χ1v) is 3.50. The van der Waals surface area contributed by atoms with Gasteiger partial charge in [0.25, 0.3) is 0 Å². The van der Waals surface area contributed by atoms with Crippen LogP contribution in [0.2, 0.25) is 0 Å². The third-order valence-corrected chi connectivity index (χ3v) is 1.07. The molecule has 0 heterocycles. The molecular weight excluding hydrogens is 213 g/mol. The zero-order valence-corrected chi connectivity index (χ0v) is 6.84. The van der Waals surface area contributed by atoms with Gasteiger partial charge in [0.2, 0.25) is 0 Å². The lowest BCUT2D eigenvalue weighted by molar-refractivity contribution is 1.51. The fourth-order valence-corrected chi connectivity index (χ4v) is 0.444. The molecule has 0 saturated heterocycles. The van der Waals surface area contributed by atoms with Crippen molar-refractivity contribution in [2.45, 2.75) is 6.92 Å². The summed E-state index contributed by atoms with van der Waals surface area (Å²) in [6.45, 7) is 1.89. The van der Waals surface area contributed by atoms with Crippen molar-refractivity contribution in [3.05, 3.63) is 21.8 Å². The molecule has 0 atom stereocenters. The number of allylic oxidation sites excluding steroid dienone is 3. The maximum Gasteiger partial charge on any atom is 0.0207 e. The Morgan fingerprint density at radius 1 is 1.62 bits per heavy atom. The molecule has 0 radical (unpaired) electrons. The second kappa shape index (κ2) is 5.03. The minimum absolute atomic E-state index is 0.970. The molecular formula is C6H8IN. The number of rotatable bonds is 2. The first-order chi connectivity index (χ1) is 3.81. The van der Waals surface area contributed by atoms with Gasteiger partial charge in [0.15, 0.2) is 0 Å². The largest absolute Gasteiger partial charge is 0.308 e. The van der Waals surface area contributed by atoms with E-state index in [1.165, 1.54) is 6.21 Å². The summed E-state index contributed by atoms with van der Waals surface area (Å²) >= 11 is 2.14. The summed E-state index contributed by atoms with van der Waals surface area (Å²) in [5, 5.41) is 6.76. The van der Waals surface area contributed by atoms with Crippen LogP contribution in [0.5, 0.6) is 0 Å². The topological polar surface area (TPSA) is 23.9 Å². The van der Waals surface area contributed by atoms with Crippen molar-refractivity contribution in [2.24, 2.45) is 0 Å². The van der Waals surface area contributed by atoms with Crippen molar-refractivity contribution < 1.29 is 0 Å². The van der Waals surface area contributed by atoms with E-state index in [9.17, 15) is 0 Å². The molecule has 0 aromatic rings. The van der Waals surface area contributed by atoms with E-state index < -0.39 is 0 Å². The molecule has 0 bridgehead atoms. The van der Waals surface area contributed by atoms with Crippen LogP contribution in [0.1, 0.15) is 6.92 Å². The lowest BCUT2D eigenvalue weighted by Gasteiger charge is -1.79. The predicted molar refractivity (Wildman–Crippen MR) is 45.7 cm³/mol. The van der Waals surface area contributed by atoms with Crippen LogP contribution >= 0.6 is 22.6 Å². The van der Waals surface area contributed by atoms with Gasteiger partial charge in [-0.1, -0.05) is 34.7 Å². The molecule has 0 aliphatic carbocycles. The Bertz CT molecular complexity index is 124. The average Bonchev–Trinajstić information content (AvgIpc) is 1.83. The fourth-order valence-electron chi connectivity index (χ4n) is 0.236. The monoisotopic (exact) mass is 221 g/mol. The Balaban J connectivity index is 3.74. The van der Waals surface area contributed by atoms with Crippen LogP contribution in [-0.2, 0) is 0 Å². The van der Waals surface area contributed by atoms with Crippen LogP contribution in [-0.4, -0.2) is 6.21 Å². The maximum absolute atomic E-state index is 6.76. The molecule has 0 aromatic heterocycles. The first-order valence-electron chi connectivity index (χ1n) is 2.25. The molecule has 8 heavy (non-hydrogen) atoms. The zero-order valence-electron chi connectivity index (χ0n) is 4.69. The Kier molecular flexibility index (Phi) is 4.95. The SMILES string of the molecule is C/C(C=N)=C/C=C\I. The Morgan fingerprint density at radius 3 is 2.62 bits per heavy atom. The molecule has 0 aliphatic heterocycles. The third-order valence-electron chi connectivity index (χ3n) is 0.660. The normalized spacial score (nSPS) is 12.5. The highest BCUT2D eigenvalue weighted by Crippen LogP contribution is 1.89. The van der Waals surface area contributed by atoms with Gasteiger partial charge in [-0.3, -0.25) is 0 Å². The molecule has 0 amide bonds. The molecule has 0 aromatic carbocycles. The van der Waals surface area contributed by atoms with Gasteiger partial charge in [0.1, 0.15) is 0 Å². The maximum atomic E-state index is 6.76. The lowest BCUT2D eigenvalue weighted by Crippen LogP contribution is -1.69. The van der Waals surface area contributed by atoms with E-state index in [1.807, 2.05) is 23.2 Å². The van der Waals surface area contributed by atoms with E-state index in [1.54, 1.807) is 0 Å². The van der Waals surface area contributed by atoms with E-state index in [0.29, 0.717) is 0 Å². The van der Waals surface area contributed by atoms with Crippen molar-refractivity contribution in [1.82, 2.24) is 0 Å². The zero-order chi connectivity index (χ0) is 6.41. The van der Waals surface area contributed by atoms with Crippen molar-refractivity contribution in [3.63, 3.8) is 0 Å². The Labute approximate surface area is 63.1 Å². The molecule has 2 heteroatoms. The average molecular weight is 221 g/mol. The number of nitrogens with one attached hydrogen (secondary N) is 1. The van der Waals surface area contributed by atoms with E-state index in [4.69, 9.17) is 5.41 Å². The van der Waals surface area contributed by atoms with Crippen molar-refractivity contribution in [3.8, 4) is 0 Å². The molecule has 0 fully saturated rings. The summed E-state index contributed by atoms with van der Waals surface area (Å²) in [6.07, 6.45) is 5.12. The standard InChI is InChI=1S/C6H8IN/c1-6(5-8)3-2-4-7/h2-5,8H,1H3/b4-2-,6-3-,8-5?. The van der Waals surface area contributed by atoms with Crippen LogP contribution in [0, 0.1) is 5.41 Å². The van der Waals surface area contributed by atoms with Gasteiger partial charge < -0.3 is 5.41 Å². The van der Waals surface area contributed by atoms with Crippen molar-refractivity contribution in [1.29, 1.82) is 5.41 Å². The Hall–Kier alpha value is -0.120. The van der Waals surface area contributed by atoms with Crippen LogP contribution in [0.25, 0.3) is 0 Å². The fraction of sp³-hybridized carbons (Fsp3) is 0.167. The van der Waals surface area contributed by atoms with Gasteiger partial charge in [-0.05, 0) is 16.6 Å². The van der Waals surface area contributed by atoms with Gasteiger partial charge in [-0.25, -0.2) is 0 Å². The van der Waals surface area contributed by atoms with Crippen LogP contribution in [0.4, 0.5) is 0 Å². The van der Waals surface area contributed by atoms with Crippen LogP contribution in [0.3, 0.4) is 0 Å². The first kappa shape index (κ1) is 7.88. The smallest absolute Gasteiger partial charge is 0.0207 e. The molecule has 0 unspecified atom stereocenters. The van der Waals surface area contributed by atoms with Crippen molar-refractivity contribution >= 4 is 28.8 Å². The quantitative estimate of drug-likeness (QED) is 0.421. The minimum Gasteiger partial charge on any atom is -0.308 e. The Morgan fingerprint density at radius 2 is 2.25 bits per heavy atom. The lowest BCUT2D eigenvalue weighted by atomic mass is 10.3. The predicted octanol–water partition coefficient (Wildman–Crippen LogP) is 2.53.